The molecule has 1 aromatic carbocycles. The summed E-state index contributed by atoms with van der Waals surface area (Å²) in [6.07, 6.45) is 10.2. The van der Waals surface area contributed by atoms with E-state index in [4.69, 9.17) is 0 Å². The van der Waals surface area contributed by atoms with Crippen molar-refractivity contribution < 1.29 is 4.79 Å². The van der Waals surface area contributed by atoms with Crippen LogP contribution in [0, 0.1) is 6.92 Å². The van der Waals surface area contributed by atoms with Crippen LogP contribution in [0.5, 0.6) is 0 Å². The minimum Gasteiger partial charge on any atom is -0.335 e. The van der Waals surface area contributed by atoms with Gasteiger partial charge in [0.1, 0.15) is 0 Å². The topological polar surface area (TPSA) is 65.2 Å². The van der Waals surface area contributed by atoms with Gasteiger partial charge in [-0.1, -0.05) is 50.3 Å². The Balaban J connectivity index is 1.58. The van der Waals surface area contributed by atoms with Gasteiger partial charge in [0.05, 0.1) is 12.1 Å². The Bertz CT molecular complexity index is 892. The normalized spacial score (nSPS) is 18.5. The lowest BCUT2D eigenvalue weighted by Gasteiger charge is -2.32. The first kappa shape index (κ1) is 19.0. The number of hydrogen-bond donors (Lipinski definition) is 2. The number of nitrogens with zero attached hydrogens (tertiary/aromatic N) is 1. The molecule has 2 aliphatic rings. The van der Waals surface area contributed by atoms with Crippen molar-refractivity contribution in [2.75, 3.05) is 0 Å². The molecule has 5 nitrogen and oxygen atoms in total. The average Bonchev–Trinajstić information content (AvgIpc) is 3.22. The van der Waals surface area contributed by atoms with Crippen molar-refractivity contribution in [3.8, 4) is 0 Å². The van der Waals surface area contributed by atoms with Crippen molar-refractivity contribution >= 4 is 16.9 Å². The number of nitrogens with one attached hydrogen (secondary N) is 2. The molecule has 150 valence electrons. The number of amides is 2. The molecule has 0 aliphatic heterocycles. The minimum atomic E-state index is -0.0877. The van der Waals surface area contributed by atoms with Gasteiger partial charge in [-0.3, -0.25) is 4.79 Å². The zero-order valence-electron chi connectivity index (χ0n) is 16.8. The van der Waals surface area contributed by atoms with Crippen LogP contribution >= 0.6 is 0 Å². The standard InChI is InChI=1S/C23H31N3O2/c1-16-8-7-9-17-14-18(22(27)25-21(16)17)15-26(20-12-5-6-13-20)23(28)24-19-10-3-2-4-11-19/h7-9,14,19-20H,2-6,10-13,15H2,1H3,(H,24,28)(H,25,27). The maximum Gasteiger partial charge on any atom is 0.318 e. The van der Waals surface area contributed by atoms with Crippen LogP contribution in [-0.2, 0) is 6.54 Å². The number of para-hydroxylation sites is 1. The summed E-state index contributed by atoms with van der Waals surface area (Å²) in [4.78, 5) is 30.8. The van der Waals surface area contributed by atoms with Gasteiger partial charge in [0.15, 0.2) is 0 Å². The number of aromatic nitrogens is 1. The monoisotopic (exact) mass is 381 g/mol. The van der Waals surface area contributed by atoms with Gasteiger partial charge < -0.3 is 15.2 Å². The number of fused-ring (bicyclic) bond motifs is 1. The molecule has 1 heterocycles. The molecule has 2 saturated carbocycles. The van der Waals surface area contributed by atoms with Crippen LogP contribution in [0.2, 0.25) is 0 Å². The van der Waals surface area contributed by atoms with Crippen LogP contribution in [0.4, 0.5) is 4.79 Å². The van der Waals surface area contributed by atoms with Crippen LogP contribution in [0.1, 0.15) is 68.9 Å². The van der Waals surface area contributed by atoms with E-state index >= 15 is 0 Å². The molecule has 0 bridgehead atoms. The highest BCUT2D eigenvalue weighted by molar-refractivity contribution is 5.82. The second kappa shape index (κ2) is 8.38. The largest absolute Gasteiger partial charge is 0.335 e. The van der Waals surface area contributed by atoms with Crippen LogP contribution in [0.15, 0.2) is 29.1 Å². The number of rotatable bonds is 4. The van der Waals surface area contributed by atoms with Crippen LogP contribution in [0.25, 0.3) is 10.9 Å². The molecule has 2 fully saturated rings. The summed E-state index contributed by atoms with van der Waals surface area (Å²) in [7, 11) is 0. The Kier molecular flexibility index (Phi) is 5.69. The van der Waals surface area contributed by atoms with Crippen molar-refractivity contribution in [3.05, 3.63) is 45.7 Å². The predicted octanol–water partition coefficient (Wildman–Crippen LogP) is 4.62. The summed E-state index contributed by atoms with van der Waals surface area (Å²) in [5, 5.41) is 4.28. The van der Waals surface area contributed by atoms with Crippen LogP contribution in [-0.4, -0.2) is 28.0 Å². The number of carbonyl (C=O) groups is 1. The van der Waals surface area contributed by atoms with Gasteiger partial charge >= 0.3 is 6.03 Å². The average molecular weight is 382 g/mol. The number of hydrogen-bond acceptors (Lipinski definition) is 2. The summed E-state index contributed by atoms with van der Waals surface area (Å²) in [6, 6.07) is 8.49. The van der Waals surface area contributed by atoms with E-state index in [1.165, 1.54) is 19.3 Å². The SMILES string of the molecule is Cc1cccc2cc(CN(C(=O)NC3CCCCC3)C3CCCC3)c(=O)[nH]c12. The molecule has 2 aromatic rings. The molecule has 2 N–H and O–H groups in total. The van der Waals surface area contributed by atoms with Gasteiger partial charge in [-0.25, -0.2) is 4.79 Å². The smallest absolute Gasteiger partial charge is 0.318 e. The fraction of sp³-hybridized carbons (Fsp3) is 0.565. The molecule has 5 heteroatoms. The van der Waals surface area contributed by atoms with E-state index in [0.29, 0.717) is 12.1 Å². The second-order valence-corrected chi connectivity index (χ2v) is 8.51. The number of aryl methyl sites for hydroxylation is 1. The number of pyridine rings is 1. The highest BCUT2D eigenvalue weighted by Crippen LogP contribution is 2.26. The third-order valence-corrected chi connectivity index (χ3v) is 6.46. The first-order valence-corrected chi connectivity index (χ1v) is 10.8. The number of aromatic amines is 1. The maximum atomic E-state index is 13.1. The number of carbonyl (C=O) groups excluding carboxylic acids is 1. The Morgan fingerprint density at radius 1 is 1.11 bits per heavy atom. The molecule has 0 spiro atoms. The molecule has 28 heavy (non-hydrogen) atoms. The van der Waals surface area contributed by atoms with Crippen LogP contribution < -0.4 is 10.9 Å². The van der Waals surface area contributed by atoms with E-state index in [9.17, 15) is 9.59 Å². The highest BCUT2D eigenvalue weighted by atomic mass is 16.2. The summed E-state index contributed by atoms with van der Waals surface area (Å²) in [6.45, 7) is 2.38. The summed E-state index contributed by atoms with van der Waals surface area (Å²) < 4.78 is 0. The molecule has 2 aliphatic carbocycles. The lowest BCUT2D eigenvalue weighted by molar-refractivity contribution is 0.164. The molecule has 0 atom stereocenters. The molecule has 1 aromatic heterocycles. The minimum absolute atomic E-state index is 0.00235. The van der Waals surface area contributed by atoms with Crippen LogP contribution in [0.3, 0.4) is 0 Å². The van der Waals surface area contributed by atoms with Gasteiger partial charge in [0, 0.05) is 17.6 Å². The molecule has 2 amide bonds. The Labute approximate surface area is 166 Å². The van der Waals surface area contributed by atoms with Gasteiger partial charge in [0.25, 0.3) is 5.56 Å². The summed E-state index contributed by atoms with van der Waals surface area (Å²) >= 11 is 0. The Hall–Kier alpha value is -2.30. The fourth-order valence-electron chi connectivity index (χ4n) is 4.82. The molecular weight excluding hydrogens is 350 g/mol. The van der Waals surface area contributed by atoms with Gasteiger partial charge in [0.2, 0.25) is 0 Å². The quantitative estimate of drug-likeness (QED) is 0.811. The summed E-state index contributed by atoms with van der Waals surface area (Å²) in [5.74, 6) is 0. The first-order chi connectivity index (χ1) is 13.6. The predicted molar refractivity (Wildman–Crippen MR) is 113 cm³/mol. The van der Waals surface area contributed by atoms with Crippen molar-refractivity contribution in [2.45, 2.75) is 83.3 Å². The highest BCUT2D eigenvalue weighted by Gasteiger charge is 2.29. The van der Waals surface area contributed by atoms with E-state index in [1.54, 1.807) is 0 Å². The molecule has 4 rings (SSSR count). The second-order valence-electron chi connectivity index (χ2n) is 8.51. The zero-order chi connectivity index (χ0) is 19.5. The number of benzene rings is 1. The third-order valence-electron chi connectivity index (χ3n) is 6.46. The summed E-state index contributed by atoms with van der Waals surface area (Å²) in [5.41, 5.74) is 2.53. The zero-order valence-corrected chi connectivity index (χ0v) is 16.8. The molecular formula is C23H31N3O2. The number of urea groups is 1. The maximum absolute atomic E-state index is 13.1. The van der Waals surface area contributed by atoms with Crippen molar-refractivity contribution in [1.82, 2.24) is 15.2 Å². The van der Waals surface area contributed by atoms with Crippen molar-refractivity contribution in [2.24, 2.45) is 0 Å². The van der Waals surface area contributed by atoms with Crippen molar-refractivity contribution in [1.29, 1.82) is 0 Å². The third kappa shape index (κ3) is 4.08. The molecule has 0 saturated heterocycles. The molecule has 0 unspecified atom stereocenters. The fourth-order valence-corrected chi connectivity index (χ4v) is 4.82. The number of H-pyrrole nitrogens is 1. The van der Waals surface area contributed by atoms with E-state index < -0.39 is 0 Å². The first-order valence-electron chi connectivity index (χ1n) is 10.8. The lowest BCUT2D eigenvalue weighted by atomic mass is 9.96. The van der Waals surface area contributed by atoms with E-state index in [0.717, 1.165) is 55.0 Å². The van der Waals surface area contributed by atoms with E-state index in [1.807, 2.05) is 36.1 Å². The Morgan fingerprint density at radius 2 is 1.82 bits per heavy atom. The lowest BCUT2D eigenvalue weighted by Crippen LogP contribution is -2.49. The van der Waals surface area contributed by atoms with Gasteiger partial charge in [-0.05, 0) is 49.6 Å². The Morgan fingerprint density at radius 3 is 2.57 bits per heavy atom. The van der Waals surface area contributed by atoms with Crippen molar-refractivity contribution in [3.63, 3.8) is 0 Å². The van der Waals surface area contributed by atoms with Gasteiger partial charge in [-0.15, -0.1) is 0 Å². The molecule has 0 radical (unpaired) electrons. The van der Waals surface area contributed by atoms with E-state index in [-0.39, 0.29) is 23.7 Å². The van der Waals surface area contributed by atoms with Gasteiger partial charge in [-0.2, -0.15) is 0 Å². The van der Waals surface area contributed by atoms with E-state index in [2.05, 4.69) is 10.3 Å².